The van der Waals surface area contributed by atoms with Gasteiger partial charge in [0.05, 0.1) is 0 Å². The van der Waals surface area contributed by atoms with Crippen LogP contribution in [0.4, 0.5) is 0 Å². The van der Waals surface area contributed by atoms with Gasteiger partial charge in [0.15, 0.2) is 5.82 Å². The summed E-state index contributed by atoms with van der Waals surface area (Å²) in [5.74, 6) is 0.291. The van der Waals surface area contributed by atoms with Crippen molar-refractivity contribution in [2.45, 2.75) is 6.92 Å². The Hall–Kier alpha value is -2.95. The normalized spacial score (nSPS) is 10.5. The van der Waals surface area contributed by atoms with Crippen molar-refractivity contribution in [3.8, 4) is 16.9 Å². The van der Waals surface area contributed by atoms with Crippen LogP contribution in [0.1, 0.15) is 15.9 Å². The summed E-state index contributed by atoms with van der Waals surface area (Å²) < 4.78 is 1.69. The van der Waals surface area contributed by atoms with Crippen molar-refractivity contribution in [3.05, 3.63) is 66.1 Å². The Bertz CT molecular complexity index is 794. The lowest BCUT2D eigenvalue weighted by Gasteiger charge is -2.11. The predicted octanol–water partition coefficient (Wildman–Crippen LogP) is 2.34. The molecule has 1 amide bonds. The quantitative estimate of drug-likeness (QED) is 0.799. The predicted molar refractivity (Wildman–Crippen MR) is 80.0 cm³/mol. The van der Waals surface area contributed by atoms with Crippen molar-refractivity contribution in [2.75, 3.05) is 0 Å². The summed E-state index contributed by atoms with van der Waals surface area (Å²) in [5, 5.41) is 4.16. The standard InChI is InChI=1S/C16H14N4O/c1-11-9-15(20-8-4-7-19-20)18-10-14(11)12-5-2-3-6-13(12)16(17)21/h2-10H,1H3,(H2,17,21). The summed E-state index contributed by atoms with van der Waals surface area (Å²) in [7, 11) is 0. The lowest BCUT2D eigenvalue weighted by Crippen LogP contribution is -2.12. The molecule has 2 heterocycles. The fraction of sp³-hybridized carbons (Fsp3) is 0.0625. The third-order valence-electron chi connectivity index (χ3n) is 3.32. The van der Waals surface area contributed by atoms with Crippen LogP contribution >= 0.6 is 0 Å². The lowest BCUT2D eigenvalue weighted by atomic mass is 9.97. The maximum atomic E-state index is 11.5. The molecule has 2 aromatic heterocycles. The minimum Gasteiger partial charge on any atom is -0.366 e. The first-order valence-electron chi connectivity index (χ1n) is 6.52. The van der Waals surface area contributed by atoms with Crippen LogP contribution in [-0.2, 0) is 0 Å². The zero-order valence-electron chi connectivity index (χ0n) is 11.5. The van der Waals surface area contributed by atoms with E-state index in [2.05, 4.69) is 10.1 Å². The van der Waals surface area contributed by atoms with Crippen molar-refractivity contribution < 1.29 is 4.79 Å². The molecule has 0 aliphatic rings. The molecule has 0 bridgehead atoms. The number of carbonyl (C=O) groups excluding carboxylic acids is 1. The Morgan fingerprint density at radius 1 is 1.19 bits per heavy atom. The SMILES string of the molecule is Cc1cc(-n2cccn2)ncc1-c1ccccc1C(N)=O. The summed E-state index contributed by atoms with van der Waals surface area (Å²) in [6.45, 7) is 1.97. The zero-order valence-corrected chi connectivity index (χ0v) is 11.5. The number of primary amides is 1. The van der Waals surface area contributed by atoms with E-state index in [1.54, 1.807) is 29.2 Å². The van der Waals surface area contributed by atoms with Gasteiger partial charge in [0, 0.05) is 29.7 Å². The van der Waals surface area contributed by atoms with Crippen molar-refractivity contribution in [1.29, 1.82) is 0 Å². The van der Waals surface area contributed by atoms with E-state index < -0.39 is 5.91 Å². The molecule has 5 heteroatoms. The fourth-order valence-electron chi connectivity index (χ4n) is 2.29. The van der Waals surface area contributed by atoms with Crippen LogP contribution in [0.15, 0.2) is 55.0 Å². The molecule has 0 saturated heterocycles. The highest BCUT2D eigenvalue weighted by molar-refractivity contribution is 6.00. The number of amides is 1. The van der Waals surface area contributed by atoms with Gasteiger partial charge in [0.1, 0.15) is 0 Å². The van der Waals surface area contributed by atoms with Crippen LogP contribution in [-0.4, -0.2) is 20.7 Å². The van der Waals surface area contributed by atoms with Crippen LogP contribution in [0.2, 0.25) is 0 Å². The maximum Gasteiger partial charge on any atom is 0.249 e. The van der Waals surface area contributed by atoms with Gasteiger partial charge in [0.2, 0.25) is 5.91 Å². The van der Waals surface area contributed by atoms with Crippen LogP contribution in [0.3, 0.4) is 0 Å². The molecule has 0 aliphatic heterocycles. The number of rotatable bonds is 3. The average molecular weight is 278 g/mol. The number of benzene rings is 1. The van der Waals surface area contributed by atoms with E-state index in [9.17, 15) is 4.79 Å². The van der Waals surface area contributed by atoms with Crippen LogP contribution in [0.25, 0.3) is 16.9 Å². The highest BCUT2D eigenvalue weighted by atomic mass is 16.1. The van der Waals surface area contributed by atoms with E-state index in [1.165, 1.54) is 0 Å². The van der Waals surface area contributed by atoms with E-state index in [0.29, 0.717) is 5.56 Å². The summed E-state index contributed by atoms with van der Waals surface area (Å²) in [6, 6.07) is 11.0. The van der Waals surface area contributed by atoms with Gasteiger partial charge in [-0.3, -0.25) is 4.79 Å². The van der Waals surface area contributed by atoms with E-state index in [1.807, 2.05) is 37.4 Å². The fourth-order valence-corrected chi connectivity index (χ4v) is 2.29. The van der Waals surface area contributed by atoms with Crippen molar-refractivity contribution in [1.82, 2.24) is 14.8 Å². The van der Waals surface area contributed by atoms with Crippen LogP contribution < -0.4 is 5.73 Å². The number of hydrogen-bond acceptors (Lipinski definition) is 3. The average Bonchev–Trinajstić information content (AvgIpc) is 3.01. The summed E-state index contributed by atoms with van der Waals surface area (Å²) in [6.07, 6.45) is 5.28. The monoisotopic (exact) mass is 278 g/mol. The molecule has 104 valence electrons. The molecule has 0 spiro atoms. The number of hydrogen-bond donors (Lipinski definition) is 1. The highest BCUT2D eigenvalue weighted by Crippen LogP contribution is 2.26. The van der Waals surface area contributed by atoms with Gasteiger partial charge >= 0.3 is 0 Å². The number of nitrogens with two attached hydrogens (primary N) is 1. The van der Waals surface area contributed by atoms with Crippen LogP contribution in [0.5, 0.6) is 0 Å². The maximum absolute atomic E-state index is 11.5. The van der Waals surface area contributed by atoms with Gasteiger partial charge in [-0.15, -0.1) is 0 Å². The molecule has 0 atom stereocenters. The molecule has 1 aromatic carbocycles. The summed E-state index contributed by atoms with van der Waals surface area (Å²) in [5.41, 5.74) is 8.62. The second kappa shape index (κ2) is 5.20. The third-order valence-corrected chi connectivity index (χ3v) is 3.32. The molecule has 0 unspecified atom stereocenters. The number of aromatic nitrogens is 3. The lowest BCUT2D eigenvalue weighted by molar-refractivity contribution is 0.100. The summed E-state index contributed by atoms with van der Waals surface area (Å²) >= 11 is 0. The largest absolute Gasteiger partial charge is 0.366 e. The van der Waals surface area contributed by atoms with Crippen molar-refractivity contribution in [3.63, 3.8) is 0 Å². The topological polar surface area (TPSA) is 73.8 Å². The van der Waals surface area contributed by atoms with Gasteiger partial charge in [-0.05, 0) is 36.2 Å². The van der Waals surface area contributed by atoms with Gasteiger partial charge in [-0.2, -0.15) is 5.10 Å². The second-order valence-electron chi connectivity index (χ2n) is 4.72. The Kier molecular flexibility index (Phi) is 3.23. The number of nitrogens with zero attached hydrogens (tertiary/aromatic N) is 3. The number of pyridine rings is 1. The molecule has 5 nitrogen and oxygen atoms in total. The first-order valence-corrected chi connectivity index (χ1v) is 6.52. The number of carbonyl (C=O) groups is 1. The van der Waals surface area contributed by atoms with Gasteiger partial charge in [-0.25, -0.2) is 9.67 Å². The summed E-state index contributed by atoms with van der Waals surface area (Å²) in [4.78, 5) is 16.0. The molecule has 2 N–H and O–H groups in total. The first-order chi connectivity index (χ1) is 10.2. The second-order valence-corrected chi connectivity index (χ2v) is 4.72. The van der Waals surface area contributed by atoms with Gasteiger partial charge in [-0.1, -0.05) is 18.2 Å². The molecule has 3 aromatic rings. The Labute approximate surface area is 122 Å². The number of aryl methyl sites for hydroxylation is 1. The molecular weight excluding hydrogens is 264 g/mol. The smallest absolute Gasteiger partial charge is 0.249 e. The molecule has 0 radical (unpaired) electrons. The minimum absolute atomic E-state index is 0.443. The Morgan fingerprint density at radius 3 is 2.67 bits per heavy atom. The Morgan fingerprint density at radius 2 is 2.00 bits per heavy atom. The van der Waals surface area contributed by atoms with Crippen molar-refractivity contribution in [2.24, 2.45) is 5.73 Å². The van der Waals surface area contributed by atoms with Crippen LogP contribution in [0, 0.1) is 6.92 Å². The molecule has 21 heavy (non-hydrogen) atoms. The molecule has 0 saturated carbocycles. The molecular formula is C16H14N4O. The van der Waals surface area contributed by atoms with Crippen molar-refractivity contribution >= 4 is 5.91 Å². The van der Waals surface area contributed by atoms with E-state index in [-0.39, 0.29) is 0 Å². The molecule has 3 rings (SSSR count). The Balaban J connectivity index is 2.11. The van der Waals surface area contributed by atoms with Gasteiger partial charge < -0.3 is 5.73 Å². The first kappa shape index (κ1) is 13.1. The van der Waals surface area contributed by atoms with E-state index in [4.69, 9.17) is 5.73 Å². The third kappa shape index (κ3) is 2.41. The van der Waals surface area contributed by atoms with E-state index >= 15 is 0 Å². The highest BCUT2D eigenvalue weighted by Gasteiger charge is 2.12. The molecule has 0 fully saturated rings. The van der Waals surface area contributed by atoms with E-state index in [0.717, 1.165) is 22.5 Å². The molecule has 0 aliphatic carbocycles. The minimum atomic E-state index is -0.443. The zero-order chi connectivity index (χ0) is 14.8. The van der Waals surface area contributed by atoms with Gasteiger partial charge in [0.25, 0.3) is 0 Å².